The Balaban J connectivity index is 2.42. The van der Waals surface area contributed by atoms with Crippen LogP contribution in [0.25, 0.3) is 0 Å². The van der Waals surface area contributed by atoms with E-state index in [2.05, 4.69) is 20.8 Å². The van der Waals surface area contributed by atoms with Crippen molar-refractivity contribution < 1.29 is 14.7 Å². The largest absolute Gasteiger partial charge is 0.481 e. The third-order valence-corrected chi connectivity index (χ3v) is 4.02. The van der Waals surface area contributed by atoms with E-state index >= 15 is 0 Å². The molecule has 1 aliphatic rings. The maximum atomic E-state index is 12.1. The summed E-state index contributed by atoms with van der Waals surface area (Å²) in [6.45, 7) is 8.16. The zero-order chi connectivity index (χ0) is 14.6. The number of amides is 1. The number of carboxylic acids is 1. The molecule has 0 aromatic carbocycles. The highest BCUT2D eigenvalue weighted by atomic mass is 16.4. The van der Waals surface area contributed by atoms with Gasteiger partial charge >= 0.3 is 5.97 Å². The van der Waals surface area contributed by atoms with Gasteiger partial charge in [-0.25, -0.2) is 0 Å². The molecule has 1 rings (SSSR count). The molecule has 0 saturated carbocycles. The highest BCUT2D eigenvalue weighted by Gasteiger charge is 2.31. The molecule has 0 aromatic rings. The summed E-state index contributed by atoms with van der Waals surface area (Å²) in [5, 5.41) is 8.60. The second-order valence-corrected chi connectivity index (χ2v) is 6.50. The van der Waals surface area contributed by atoms with Crippen LogP contribution in [0.3, 0.4) is 0 Å². The van der Waals surface area contributed by atoms with Crippen LogP contribution in [0, 0.1) is 11.3 Å². The van der Waals surface area contributed by atoms with Crippen molar-refractivity contribution in [1.82, 2.24) is 4.90 Å². The molecular formula is C14H26N2O3. The zero-order valence-electron chi connectivity index (χ0n) is 12.2. The van der Waals surface area contributed by atoms with Crippen molar-refractivity contribution in [2.75, 3.05) is 13.1 Å². The highest BCUT2D eigenvalue weighted by molar-refractivity contribution is 5.82. The zero-order valence-corrected chi connectivity index (χ0v) is 12.2. The Morgan fingerprint density at radius 3 is 2.26 bits per heavy atom. The Bertz CT molecular complexity index is 328. The van der Waals surface area contributed by atoms with Crippen LogP contribution >= 0.6 is 0 Å². The van der Waals surface area contributed by atoms with Crippen LogP contribution in [0.15, 0.2) is 0 Å². The number of aliphatic carboxylic acids is 1. The van der Waals surface area contributed by atoms with Gasteiger partial charge in [0.05, 0.1) is 6.04 Å². The van der Waals surface area contributed by atoms with Crippen LogP contribution in [0.1, 0.15) is 46.5 Å². The molecule has 3 N–H and O–H groups in total. The molecule has 110 valence electrons. The highest BCUT2D eigenvalue weighted by Crippen LogP contribution is 2.34. The lowest BCUT2D eigenvalue weighted by Gasteiger charge is -2.39. The maximum Gasteiger partial charge on any atom is 0.303 e. The third-order valence-electron chi connectivity index (χ3n) is 4.02. The Hall–Kier alpha value is -1.10. The summed E-state index contributed by atoms with van der Waals surface area (Å²) in [7, 11) is 0. The summed E-state index contributed by atoms with van der Waals surface area (Å²) in [4.78, 5) is 24.3. The standard InChI is InChI=1S/C14H26N2O3/c1-14(2,3)10-6-8-16(9-7-10)13(19)11(15)4-5-12(17)18/h10-11H,4-9,15H2,1-3H3,(H,17,18). The van der Waals surface area contributed by atoms with Gasteiger partial charge in [0.1, 0.15) is 0 Å². The molecule has 0 radical (unpaired) electrons. The molecule has 5 heteroatoms. The fraction of sp³-hybridized carbons (Fsp3) is 0.857. The van der Waals surface area contributed by atoms with Gasteiger partial charge in [-0.3, -0.25) is 9.59 Å². The van der Waals surface area contributed by atoms with Gasteiger partial charge in [0.2, 0.25) is 5.91 Å². The fourth-order valence-corrected chi connectivity index (χ4v) is 2.60. The summed E-state index contributed by atoms with van der Waals surface area (Å²) < 4.78 is 0. The topological polar surface area (TPSA) is 83.6 Å². The number of nitrogens with two attached hydrogens (primary N) is 1. The van der Waals surface area contributed by atoms with Crippen molar-refractivity contribution >= 4 is 11.9 Å². The molecule has 1 fully saturated rings. The summed E-state index contributed by atoms with van der Waals surface area (Å²) in [6, 6.07) is -0.678. The number of hydrogen-bond acceptors (Lipinski definition) is 3. The van der Waals surface area contributed by atoms with Crippen LogP contribution in [-0.4, -0.2) is 41.0 Å². The molecule has 1 unspecified atom stereocenters. The minimum Gasteiger partial charge on any atom is -0.481 e. The molecular weight excluding hydrogens is 244 g/mol. The Morgan fingerprint density at radius 1 is 1.32 bits per heavy atom. The van der Waals surface area contributed by atoms with E-state index in [0.717, 1.165) is 25.9 Å². The molecule has 0 aliphatic carbocycles. The quantitative estimate of drug-likeness (QED) is 0.810. The smallest absolute Gasteiger partial charge is 0.303 e. The molecule has 1 aliphatic heterocycles. The van der Waals surface area contributed by atoms with Crippen LogP contribution in [0.2, 0.25) is 0 Å². The third kappa shape index (κ3) is 4.82. The van der Waals surface area contributed by atoms with E-state index < -0.39 is 12.0 Å². The summed E-state index contributed by atoms with van der Waals surface area (Å²) in [6.07, 6.45) is 2.17. The van der Waals surface area contributed by atoms with Crippen molar-refractivity contribution in [3.8, 4) is 0 Å². The maximum absolute atomic E-state index is 12.1. The van der Waals surface area contributed by atoms with E-state index in [-0.39, 0.29) is 24.2 Å². The van der Waals surface area contributed by atoms with Crippen molar-refractivity contribution in [3.05, 3.63) is 0 Å². The van der Waals surface area contributed by atoms with Gasteiger partial charge in [0.15, 0.2) is 0 Å². The van der Waals surface area contributed by atoms with Crippen LogP contribution in [0.4, 0.5) is 0 Å². The lowest BCUT2D eigenvalue weighted by atomic mass is 9.75. The van der Waals surface area contributed by atoms with Gasteiger partial charge in [0.25, 0.3) is 0 Å². The summed E-state index contributed by atoms with van der Waals surface area (Å²) >= 11 is 0. The first-order valence-corrected chi connectivity index (χ1v) is 6.98. The van der Waals surface area contributed by atoms with E-state index in [1.54, 1.807) is 4.90 Å². The van der Waals surface area contributed by atoms with Gasteiger partial charge in [0, 0.05) is 19.5 Å². The minimum absolute atomic E-state index is 0.0502. The molecule has 5 nitrogen and oxygen atoms in total. The lowest BCUT2D eigenvalue weighted by Crippen LogP contribution is -2.48. The number of likely N-dealkylation sites (tertiary alicyclic amines) is 1. The second kappa shape index (κ2) is 6.37. The monoisotopic (exact) mass is 270 g/mol. The van der Waals surface area contributed by atoms with E-state index in [9.17, 15) is 9.59 Å². The second-order valence-electron chi connectivity index (χ2n) is 6.50. The average Bonchev–Trinajstić information content (AvgIpc) is 2.34. The van der Waals surface area contributed by atoms with Crippen molar-refractivity contribution in [2.24, 2.45) is 17.1 Å². The lowest BCUT2D eigenvalue weighted by molar-refractivity contribution is -0.138. The number of carbonyl (C=O) groups is 2. The van der Waals surface area contributed by atoms with Crippen molar-refractivity contribution in [1.29, 1.82) is 0 Å². The van der Waals surface area contributed by atoms with E-state index in [1.807, 2.05) is 0 Å². The van der Waals surface area contributed by atoms with Gasteiger partial charge in [-0.2, -0.15) is 0 Å². The number of hydrogen-bond donors (Lipinski definition) is 2. The van der Waals surface area contributed by atoms with Gasteiger partial charge in [-0.05, 0) is 30.6 Å². The van der Waals surface area contributed by atoms with E-state index in [4.69, 9.17) is 10.8 Å². The number of carboxylic acid groups (broad SMARTS) is 1. The predicted molar refractivity (Wildman–Crippen MR) is 73.6 cm³/mol. The van der Waals surface area contributed by atoms with E-state index in [1.165, 1.54) is 0 Å². The fourth-order valence-electron chi connectivity index (χ4n) is 2.60. The first-order chi connectivity index (χ1) is 8.71. The number of nitrogens with zero attached hydrogens (tertiary/aromatic N) is 1. The Morgan fingerprint density at radius 2 is 1.84 bits per heavy atom. The molecule has 0 spiro atoms. The molecule has 0 aromatic heterocycles. The predicted octanol–water partition coefficient (Wildman–Crippen LogP) is 1.46. The average molecular weight is 270 g/mol. The first-order valence-electron chi connectivity index (χ1n) is 6.98. The molecule has 1 amide bonds. The van der Waals surface area contributed by atoms with Gasteiger partial charge < -0.3 is 15.7 Å². The molecule has 19 heavy (non-hydrogen) atoms. The van der Waals surface area contributed by atoms with Crippen molar-refractivity contribution in [3.63, 3.8) is 0 Å². The van der Waals surface area contributed by atoms with E-state index in [0.29, 0.717) is 5.92 Å². The van der Waals surface area contributed by atoms with Gasteiger partial charge in [-0.15, -0.1) is 0 Å². The number of rotatable bonds is 4. The van der Waals surface area contributed by atoms with Crippen molar-refractivity contribution in [2.45, 2.75) is 52.5 Å². The molecule has 0 bridgehead atoms. The number of carbonyl (C=O) groups excluding carboxylic acids is 1. The van der Waals surface area contributed by atoms with Gasteiger partial charge in [-0.1, -0.05) is 20.8 Å². The Kier molecular flexibility index (Phi) is 5.35. The first kappa shape index (κ1) is 16.0. The number of piperidine rings is 1. The summed E-state index contributed by atoms with van der Waals surface area (Å²) in [5.41, 5.74) is 6.04. The SMILES string of the molecule is CC(C)(C)C1CCN(C(=O)C(N)CCC(=O)O)CC1. The molecule has 1 atom stereocenters. The normalized spacial score (nSPS) is 19.3. The summed E-state index contributed by atoms with van der Waals surface area (Å²) in [5.74, 6) is -0.380. The molecule has 1 heterocycles. The molecule has 1 saturated heterocycles. The van der Waals surface area contributed by atoms with Crippen LogP contribution in [-0.2, 0) is 9.59 Å². The Labute approximate surface area is 115 Å². The van der Waals surface area contributed by atoms with Crippen LogP contribution < -0.4 is 5.73 Å². The minimum atomic E-state index is -0.908. The van der Waals surface area contributed by atoms with Crippen LogP contribution in [0.5, 0.6) is 0 Å².